The van der Waals surface area contributed by atoms with Crippen LogP contribution < -0.4 is 10.2 Å². The van der Waals surface area contributed by atoms with Gasteiger partial charge in [-0.1, -0.05) is 20.8 Å². The number of nitrogens with zero attached hydrogens (tertiary/aromatic N) is 2. The molecular weight excluding hydrogens is 234 g/mol. The molecule has 2 rings (SSSR count). The molecule has 0 aliphatic carbocycles. The van der Waals surface area contributed by atoms with Crippen molar-refractivity contribution < 1.29 is 0 Å². The molecule has 1 aliphatic rings. The van der Waals surface area contributed by atoms with E-state index in [4.69, 9.17) is 0 Å². The van der Waals surface area contributed by atoms with Gasteiger partial charge in [0, 0.05) is 31.5 Å². The molecule has 0 aromatic carbocycles. The third kappa shape index (κ3) is 4.20. The van der Waals surface area contributed by atoms with Crippen molar-refractivity contribution in [1.29, 1.82) is 0 Å². The quantitative estimate of drug-likeness (QED) is 0.902. The summed E-state index contributed by atoms with van der Waals surface area (Å²) < 4.78 is 0. The normalized spacial score (nSPS) is 19.2. The Bertz CT molecular complexity index is 401. The van der Waals surface area contributed by atoms with Crippen molar-refractivity contribution in [3.05, 3.63) is 24.0 Å². The fourth-order valence-corrected chi connectivity index (χ4v) is 2.69. The molecule has 0 radical (unpaired) electrons. The van der Waals surface area contributed by atoms with E-state index >= 15 is 0 Å². The lowest BCUT2D eigenvalue weighted by molar-refractivity contribution is 0.325. The number of aromatic nitrogens is 1. The Morgan fingerprint density at radius 2 is 2.16 bits per heavy atom. The minimum absolute atomic E-state index is 0.494. The Labute approximate surface area is 117 Å². The Kier molecular flexibility index (Phi) is 4.81. The standard InChI is InChI=1S/C16H27N3/c1-4-17-13-14-12-15(6-9-18-14)19-10-5-7-16(2,3)8-11-19/h6,9,12,17H,4-5,7-8,10-11,13H2,1-3H3. The van der Waals surface area contributed by atoms with Crippen molar-refractivity contribution in [2.45, 2.75) is 46.6 Å². The number of rotatable bonds is 4. The van der Waals surface area contributed by atoms with E-state index in [0.717, 1.165) is 25.3 Å². The lowest BCUT2D eigenvalue weighted by Gasteiger charge is -2.25. The average Bonchev–Trinajstić information content (AvgIpc) is 2.58. The van der Waals surface area contributed by atoms with Gasteiger partial charge in [0.2, 0.25) is 0 Å². The van der Waals surface area contributed by atoms with Crippen molar-refractivity contribution in [3.8, 4) is 0 Å². The minimum atomic E-state index is 0.494. The molecule has 0 amide bonds. The predicted octanol–water partition coefficient (Wildman–Crippen LogP) is 3.21. The van der Waals surface area contributed by atoms with Crippen molar-refractivity contribution >= 4 is 5.69 Å². The molecule has 3 nitrogen and oxygen atoms in total. The van der Waals surface area contributed by atoms with Gasteiger partial charge in [0.25, 0.3) is 0 Å². The molecule has 1 aliphatic heterocycles. The number of nitrogens with one attached hydrogen (secondary N) is 1. The summed E-state index contributed by atoms with van der Waals surface area (Å²) in [7, 11) is 0. The van der Waals surface area contributed by atoms with Gasteiger partial charge in [-0.05, 0) is 43.4 Å². The second-order valence-corrected chi connectivity index (χ2v) is 6.29. The Morgan fingerprint density at radius 3 is 2.95 bits per heavy atom. The van der Waals surface area contributed by atoms with Crippen LogP contribution in [0.1, 0.15) is 45.7 Å². The highest BCUT2D eigenvalue weighted by Crippen LogP contribution is 2.31. The largest absolute Gasteiger partial charge is 0.371 e. The first-order valence-electron chi connectivity index (χ1n) is 7.51. The number of hydrogen-bond donors (Lipinski definition) is 1. The Morgan fingerprint density at radius 1 is 1.32 bits per heavy atom. The molecule has 0 bridgehead atoms. The van der Waals surface area contributed by atoms with Crippen LogP contribution in [-0.2, 0) is 6.54 Å². The summed E-state index contributed by atoms with van der Waals surface area (Å²) in [5.74, 6) is 0. The van der Waals surface area contributed by atoms with Gasteiger partial charge >= 0.3 is 0 Å². The topological polar surface area (TPSA) is 28.2 Å². The zero-order valence-electron chi connectivity index (χ0n) is 12.6. The molecule has 2 heterocycles. The van der Waals surface area contributed by atoms with Crippen molar-refractivity contribution in [1.82, 2.24) is 10.3 Å². The van der Waals surface area contributed by atoms with Gasteiger partial charge in [-0.2, -0.15) is 0 Å². The van der Waals surface area contributed by atoms with Gasteiger partial charge in [-0.25, -0.2) is 0 Å². The maximum Gasteiger partial charge on any atom is 0.0562 e. The van der Waals surface area contributed by atoms with E-state index in [9.17, 15) is 0 Å². The summed E-state index contributed by atoms with van der Waals surface area (Å²) in [5.41, 5.74) is 2.97. The second kappa shape index (κ2) is 6.38. The molecule has 1 saturated heterocycles. The first kappa shape index (κ1) is 14.3. The fraction of sp³-hybridized carbons (Fsp3) is 0.688. The van der Waals surface area contributed by atoms with E-state index in [2.05, 4.69) is 48.1 Å². The summed E-state index contributed by atoms with van der Waals surface area (Å²) in [6, 6.07) is 4.38. The summed E-state index contributed by atoms with van der Waals surface area (Å²) >= 11 is 0. The number of hydrogen-bond acceptors (Lipinski definition) is 3. The zero-order valence-corrected chi connectivity index (χ0v) is 12.6. The molecule has 1 aromatic rings. The lowest BCUT2D eigenvalue weighted by atomic mass is 9.85. The van der Waals surface area contributed by atoms with Crippen LogP contribution in [0.4, 0.5) is 5.69 Å². The molecule has 19 heavy (non-hydrogen) atoms. The highest BCUT2D eigenvalue weighted by molar-refractivity contribution is 5.46. The van der Waals surface area contributed by atoms with E-state index < -0.39 is 0 Å². The first-order valence-corrected chi connectivity index (χ1v) is 7.51. The molecule has 0 atom stereocenters. The SMILES string of the molecule is CCNCc1cc(N2CCCC(C)(C)CC2)ccn1. The summed E-state index contributed by atoms with van der Waals surface area (Å²) in [6.45, 7) is 11.1. The van der Waals surface area contributed by atoms with Crippen LogP contribution in [0, 0.1) is 5.41 Å². The van der Waals surface area contributed by atoms with Gasteiger partial charge in [-0.15, -0.1) is 0 Å². The van der Waals surface area contributed by atoms with E-state index in [1.807, 2.05) is 6.20 Å². The highest BCUT2D eigenvalue weighted by Gasteiger charge is 2.23. The van der Waals surface area contributed by atoms with E-state index in [1.165, 1.54) is 31.5 Å². The lowest BCUT2D eigenvalue weighted by Crippen LogP contribution is -2.25. The van der Waals surface area contributed by atoms with Gasteiger partial charge in [0.15, 0.2) is 0 Å². The van der Waals surface area contributed by atoms with Gasteiger partial charge < -0.3 is 10.2 Å². The first-order chi connectivity index (χ1) is 9.11. The second-order valence-electron chi connectivity index (χ2n) is 6.29. The number of pyridine rings is 1. The van der Waals surface area contributed by atoms with E-state index in [-0.39, 0.29) is 0 Å². The highest BCUT2D eigenvalue weighted by atomic mass is 15.1. The fourth-order valence-electron chi connectivity index (χ4n) is 2.69. The van der Waals surface area contributed by atoms with Crippen LogP contribution in [0.5, 0.6) is 0 Å². The van der Waals surface area contributed by atoms with Crippen molar-refractivity contribution in [2.75, 3.05) is 24.5 Å². The number of anilines is 1. The van der Waals surface area contributed by atoms with Crippen molar-refractivity contribution in [3.63, 3.8) is 0 Å². The molecule has 1 aromatic heterocycles. The minimum Gasteiger partial charge on any atom is -0.371 e. The molecule has 106 valence electrons. The maximum atomic E-state index is 4.43. The molecular formula is C16H27N3. The summed E-state index contributed by atoms with van der Waals surface area (Å²) in [4.78, 5) is 6.95. The Balaban J connectivity index is 2.04. The third-order valence-electron chi connectivity index (χ3n) is 4.06. The van der Waals surface area contributed by atoms with E-state index in [0.29, 0.717) is 5.41 Å². The molecule has 1 N–H and O–H groups in total. The smallest absolute Gasteiger partial charge is 0.0562 e. The third-order valence-corrected chi connectivity index (χ3v) is 4.06. The van der Waals surface area contributed by atoms with Crippen LogP contribution in [0.2, 0.25) is 0 Å². The molecule has 3 heteroatoms. The molecule has 1 fully saturated rings. The monoisotopic (exact) mass is 261 g/mol. The van der Waals surface area contributed by atoms with Crippen LogP contribution in [0.15, 0.2) is 18.3 Å². The predicted molar refractivity (Wildman–Crippen MR) is 81.5 cm³/mol. The Hall–Kier alpha value is -1.09. The summed E-state index contributed by atoms with van der Waals surface area (Å²) in [5, 5.41) is 3.34. The van der Waals surface area contributed by atoms with Crippen LogP contribution in [-0.4, -0.2) is 24.6 Å². The van der Waals surface area contributed by atoms with Gasteiger partial charge in [-0.3, -0.25) is 4.98 Å². The summed E-state index contributed by atoms with van der Waals surface area (Å²) in [6.07, 6.45) is 5.84. The molecule has 0 unspecified atom stereocenters. The van der Waals surface area contributed by atoms with Crippen LogP contribution >= 0.6 is 0 Å². The van der Waals surface area contributed by atoms with Crippen molar-refractivity contribution in [2.24, 2.45) is 5.41 Å². The maximum absolute atomic E-state index is 4.43. The van der Waals surface area contributed by atoms with Gasteiger partial charge in [0.1, 0.15) is 0 Å². The van der Waals surface area contributed by atoms with Gasteiger partial charge in [0.05, 0.1) is 5.69 Å². The zero-order chi connectivity index (χ0) is 13.7. The average molecular weight is 261 g/mol. The molecule has 0 saturated carbocycles. The van der Waals surface area contributed by atoms with E-state index in [1.54, 1.807) is 0 Å². The molecule has 0 spiro atoms. The van der Waals surface area contributed by atoms with Crippen LogP contribution in [0.3, 0.4) is 0 Å². The van der Waals surface area contributed by atoms with Crippen LogP contribution in [0.25, 0.3) is 0 Å².